The van der Waals surface area contributed by atoms with Gasteiger partial charge in [-0.3, -0.25) is 10.1 Å². The van der Waals surface area contributed by atoms with Crippen LogP contribution in [0.2, 0.25) is 0 Å². The minimum Gasteiger partial charge on any atom is -0.375 e. The van der Waals surface area contributed by atoms with Gasteiger partial charge in [-0.15, -0.1) is 0 Å². The van der Waals surface area contributed by atoms with Crippen LogP contribution in [0, 0.1) is 0 Å². The van der Waals surface area contributed by atoms with Crippen LogP contribution in [-0.2, 0) is 0 Å². The molecule has 2 heterocycles. The molecular weight excluding hydrogens is 288 g/mol. The number of benzene rings is 1. The van der Waals surface area contributed by atoms with Crippen LogP contribution in [-0.4, -0.2) is 21.5 Å². The molecule has 1 atom stereocenters. The Bertz CT molecular complexity index is 696. The van der Waals surface area contributed by atoms with Crippen molar-refractivity contribution in [2.24, 2.45) is 10.7 Å². The largest absolute Gasteiger partial charge is 0.375 e. The van der Waals surface area contributed by atoms with Crippen molar-refractivity contribution in [1.82, 2.24) is 10.2 Å². The van der Waals surface area contributed by atoms with Gasteiger partial charge in [0.15, 0.2) is 0 Å². The second-order valence-corrected chi connectivity index (χ2v) is 4.36. The van der Waals surface area contributed by atoms with Gasteiger partial charge >= 0.3 is 0 Å². The predicted molar refractivity (Wildman–Crippen MR) is 98.2 cm³/mol. The monoisotopic (exact) mass is 314 g/mol. The number of H-pyrrole nitrogens is 1. The van der Waals surface area contributed by atoms with Crippen molar-refractivity contribution in [3.63, 3.8) is 0 Å². The SMILES string of the molecule is CC.CC.NC(O)c1ccc2[nH]nc(C3=CCC=NC=C3)c2c1. The number of rotatable bonds is 2. The molecule has 1 aliphatic rings. The molecule has 0 saturated carbocycles. The Morgan fingerprint density at radius 3 is 2.65 bits per heavy atom. The van der Waals surface area contributed by atoms with E-state index < -0.39 is 6.23 Å². The van der Waals surface area contributed by atoms with E-state index in [0.29, 0.717) is 5.56 Å². The Kier molecular flexibility index (Phi) is 7.94. The summed E-state index contributed by atoms with van der Waals surface area (Å²) in [5, 5.41) is 17.7. The predicted octanol–water partition coefficient (Wildman–Crippen LogP) is 3.94. The van der Waals surface area contributed by atoms with Crippen molar-refractivity contribution in [3.05, 3.63) is 47.8 Å². The molecule has 23 heavy (non-hydrogen) atoms. The lowest BCUT2D eigenvalue weighted by Gasteiger charge is -2.05. The quantitative estimate of drug-likeness (QED) is 0.734. The Morgan fingerprint density at radius 2 is 1.96 bits per heavy atom. The lowest BCUT2D eigenvalue weighted by molar-refractivity contribution is 0.186. The second kappa shape index (κ2) is 9.71. The first-order chi connectivity index (χ1) is 11.3. The maximum absolute atomic E-state index is 9.47. The standard InChI is InChI=1S/C14H14N4O.2C2H6/c15-14(19)10-3-4-12-11(8-10)13(18-17-12)9-2-1-6-16-7-5-9;2*1-2/h2-8,14,19H,1,15H2,(H,17,18);2*1-2H3. The number of nitrogens with zero attached hydrogens (tertiary/aromatic N) is 2. The number of nitrogens with two attached hydrogens (primary N) is 1. The Labute approximate surface area is 137 Å². The highest BCUT2D eigenvalue weighted by atomic mass is 16.3. The fraction of sp³-hybridized carbons (Fsp3) is 0.333. The molecule has 4 N–H and O–H groups in total. The number of nitrogens with one attached hydrogen (secondary N) is 1. The van der Waals surface area contributed by atoms with Gasteiger partial charge in [-0.1, -0.05) is 39.8 Å². The van der Waals surface area contributed by atoms with Gasteiger partial charge in [-0.25, -0.2) is 0 Å². The van der Waals surface area contributed by atoms with Gasteiger partial charge in [0.2, 0.25) is 0 Å². The molecule has 1 aromatic carbocycles. The summed E-state index contributed by atoms with van der Waals surface area (Å²) in [7, 11) is 0. The van der Waals surface area contributed by atoms with Crippen LogP contribution in [0.15, 0.2) is 41.5 Å². The minimum atomic E-state index is -0.978. The normalized spacial score (nSPS) is 14.1. The highest BCUT2D eigenvalue weighted by molar-refractivity contribution is 5.94. The zero-order valence-electron chi connectivity index (χ0n) is 14.2. The molecule has 5 heteroatoms. The molecule has 1 unspecified atom stereocenters. The molecule has 0 bridgehead atoms. The average molecular weight is 314 g/mol. The first kappa shape index (κ1) is 18.8. The lowest BCUT2D eigenvalue weighted by Crippen LogP contribution is -2.07. The van der Waals surface area contributed by atoms with E-state index in [4.69, 9.17) is 5.73 Å². The van der Waals surface area contributed by atoms with Crippen LogP contribution >= 0.6 is 0 Å². The zero-order chi connectivity index (χ0) is 17.2. The lowest BCUT2D eigenvalue weighted by atomic mass is 10.0. The van der Waals surface area contributed by atoms with Crippen LogP contribution in [0.5, 0.6) is 0 Å². The van der Waals surface area contributed by atoms with E-state index >= 15 is 0 Å². The molecule has 2 aromatic rings. The van der Waals surface area contributed by atoms with Gasteiger partial charge in [-0.05, 0) is 23.8 Å². The van der Waals surface area contributed by atoms with Gasteiger partial charge in [0, 0.05) is 29.8 Å². The maximum atomic E-state index is 9.47. The first-order valence-electron chi connectivity index (χ1n) is 8.06. The minimum absolute atomic E-state index is 0.671. The van der Waals surface area contributed by atoms with Crippen molar-refractivity contribution in [2.75, 3.05) is 0 Å². The Morgan fingerprint density at radius 1 is 1.22 bits per heavy atom. The third-order valence-electron chi connectivity index (χ3n) is 3.09. The van der Waals surface area contributed by atoms with E-state index in [-0.39, 0.29) is 0 Å². The zero-order valence-corrected chi connectivity index (χ0v) is 14.2. The van der Waals surface area contributed by atoms with Gasteiger partial charge in [-0.2, -0.15) is 5.10 Å². The summed E-state index contributed by atoms with van der Waals surface area (Å²) in [6, 6.07) is 5.52. The molecule has 0 saturated heterocycles. The summed E-state index contributed by atoms with van der Waals surface area (Å²) >= 11 is 0. The van der Waals surface area contributed by atoms with Crippen LogP contribution in [0.3, 0.4) is 0 Å². The number of aliphatic hydroxyl groups excluding tert-OH is 1. The van der Waals surface area contributed by atoms with Gasteiger partial charge < -0.3 is 10.8 Å². The Balaban J connectivity index is 0.000000615. The number of aromatic nitrogens is 2. The van der Waals surface area contributed by atoms with Crippen LogP contribution < -0.4 is 5.73 Å². The molecule has 5 nitrogen and oxygen atoms in total. The molecule has 3 rings (SSSR count). The summed E-state index contributed by atoms with van der Waals surface area (Å²) in [5.74, 6) is 0. The fourth-order valence-electron chi connectivity index (χ4n) is 2.10. The molecule has 0 amide bonds. The molecule has 124 valence electrons. The first-order valence-corrected chi connectivity index (χ1v) is 8.06. The maximum Gasteiger partial charge on any atom is 0.128 e. The third-order valence-corrected chi connectivity index (χ3v) is 3.09. The smallest absolute Gasteiger partial charge is 0.128 e. The number of hydrogen-bond donors (Lipinski definition) is 3. The van der Waals surface area contributed by atoms with E-state index in [1.807, 2.05) is 52.1 Å². The van der Waals surface area contributed by atoms with Crippen molar-refractivity contribution in [1.29, 1.82) is 0 Å². The fourth-order valence-corrected chi connectivity index (χ4v) is 2.10. The topological polar surface area (TPSA) is 87.3 Å². The number of aliphatic imine (C=N–C) groups is 1. The summed E-state index contributed by atoms with van der Waals surface area (Å²) in [4.78, 5) is 4.10. The molecule has 1 aliphatic heterocycles. The van der Waals surface area contributed by atoms with E-state index in [1.54, 1.807) is 12.3 Å². The summed E-state index contributed by atoms with van der Waals surface area (Å²) in [6.45, 7) is 8.00. The van der Waals surface area contributed by atoms with Crippen LogP contribution in [0.25, 0.3) is 16.5 Å². The van der Waals surface area contributed by atoms with Crippen LogP contribution in [0.1, 0.15) is 51.6 Å². The molecular formula is C18H26N4O. The molecule has 1 aromatic heterocycles. The molecule has 0 aliphatic carbocycles. The molecule has 0 radical (unpaired) electrons. The van der Waals surface area contributed by atoms with Gasteiger partial charge in [0.1, 0.15) is 6.23 Å². The summed E-state index contributed by atoms with van der Waals surface area (Å²) in [5.41, 5.74) is 8.94. The number of aromatic amines is 1. The van der Waals surface area contributed by atoms with E-state index in [9.17, 15) is 5.11 Å². The highest BCUT2D eigenvalue weighted by Crippen LogP contribution is 2.26. The van der Waals surface area contributed by atoms with Crippen molar-refractivity contribution in [3.8, 4) is 0 Å². The summed E-state index contributed by atoms with van der Waals surface area (Å²) in [6.07, 6.45) is 7.37. The number of fused-ring (bicyclic) bond motifs is 1. The number of allylic oxidation sites excluding steroid dienone is 3. The van der Waals surface area contributed by atoms with Crippen LogP contribution in [0.4, 0.5) is 0 Å². The van der Waals surface area contributed by atoms with Gasteiger partial charge in [0.25, 0.3) is 0 Å². The van der Waals surface area contributed by atoms with Gasteiger partial charge in [0.05, 0.1) is 11.2 Å². The summed E-state index contributed by atoms with van der Waals surface area (Å²) < 4.78 is 0. The van der Waals surface area contributed by atoms with Crippen molar-refractivity contribution in [2.45, 2.75) is 40.3 Å². The van der Waals surface area contributed by atoms with E-state index in [0.717, 1.165) is 28.6 Å². The van der Waals surface area contributed by atoms with E-state index in [2.05, 4.69) is 21.3 Å². The third kappa shape index (κ3) is 4.61. The number of hydrogen-bond acceptors (Lipinski definition) is 4. The van der Waals surface area contributed by atoms with Crippen molar-refractivity contribution < 1.29 is 5.11 Å². The van der Waals surface area contributed by atoms with Crippen molar-refractivity contribution >= 4 is 22.7 Å². The highest BCUT2D eigenvalue weighted by Gasteiger charge is 2.11. The average Bonchev–Trinajstić information content (AvgIpc) is 2.83. The molecule has 0 fully saturated rings. The second-order valence-electron chi connectivity index (χ2n) is 4.36. The number of aliphatic hydroxyl groups is 1. The Hall–Kier alpha value is -2.24. The molecule has 0 spiro atoms. The van der Waals surface area contributed by atoms with E-state index in [1.165, 1.54) is 0 Å².